The molecule has 0 saturated carbocycles. The van der Waals surface area contributed by atoms with Gasteiger partial charge in [-0.15, -0.1) is 0 Å². The van der Waals surface area contributed by atoms with Crippen molar-refractivity contribution in [1.29, 1.82) is 0 Å². The Morgan fingerprint density at radius 1 is 1.22 bits per heavy atom. The minimum Gasteiger partial charge on any atom is -0.472 e. The number of carbonyl (C=O) groups excluding carboxylic acids is 2. The lowest BCUT2D eigenvalue weighted by Crippen LogP contribution is -2.42. The summed E-state index contributed by atoms with van der Waals surface area (Å²) in [6.07, 6.45) is 3.92. The summed E-state index contributed by atoms with van der Waals surface area (Å²) in [5.41, 5.74) is 0.833. The molecule has 0 aliphatic carbocycles. The molecular weight excluding hydrogens is 372 g/mol. The Hall–Kier alpha value is -2.65. The zero-order valence-corrected chi connectivity index (χ0v) is 15.6. The molecule has 8 nitrogen and oxygen atoms in total. The molecule has 1 aromatic heterocycles. The molecule has 0 bridgehead atoms. The number of hydrogen-bond acceptors (Lipinski definition) is 6. The first kappa shape index (κ1) is 19.1. The summed E-state index contributed by atoms with van der Waals surface area (Å²) in [7, 11) is -2.43. The average Bonchev–Trinajstić information content (AvgIpc) is 3.23. The smallest absolute Gasteiger partial charge is 0.309 e. The zero-order chi connectivity index (χ0) is 19.4. The van der Waals surface area contributed by atoms with E-state index < -0.39 is 21.9 Å². The number of amides is 1. The minimum absolute atomic E-state index is 0.105. The quantitative estimate of drug-likeness (QED) is 0.781. The molecule has 1 aliphatic heterocycles. The maximum absolute atomic E-state index is 12.8. The third kappa shape index (κ3) is 4.20. The molecule has 1 N–H and O–H groups in total. The number of hydrogen-bond donors (Lipinski definition) is 1. The van der Waals surface area contributed by atoms with Crippen LogP contribution in [0.15, 0.2) is 52.2 Å². The van der Waals surface area contributed by atoms with E-state index in [0.717, 1.165) is 0 Å². The van der Waals surface area contributed by atoms with Crippen LogP contribution in [-0.2, 0) is 19.6 Å². The number of nitrogens with zero attached hydrogens (tertiary/aromatic N) is 1. The van der Waals surface area contributed by atoms with Crippen LogP contribution >= 0.6 is 0 Å². The Labute approximate surface area is 157 Å². The normalized spacial score (nSPS) is 18.0. The van der Waals surface area contributed by atoms with Crippen LogP contribution in [0.5, 0.6) is 0 Å². The first-order chi connectivity index (χ1) is 12.9. The molecule has 1 amide bonds. The van der Waals surface area contributed by atoms with Gasteiger partial charge in [0.25, 0.3) is 5.91 Å². The van der Waals surface area contributed by atoms with Gasteiger partial charge in [0.15, 0.2) is 0 Å². The predicted octanol–water partition coefficient (Wildman–Crippen LogP) is 2.11. The molecule has 144 valence electrons. The van der Waals surface area contributed by atoms with Crippen molar-refractivity contribution in [1.82, 2.24) is 4.31 Å². The maximum atomic E-state index is 12.8. The first-order valence-electron chi connectivity index (χ1n) is 8.43. The number of sulfonamides is 1. The Kier molecular flexibility index (Phi) is 5.62. The molecule has 0 radical (unpaired) electrons. The van der Waals surface area contributed by atoms with Crippen molar-refractivity contribution in [2.45, 2.75) is 17.7 Å². The van der Waals surface area contributed by atoms with Crippen LogP contribution in [-0.4, -0.2) is 44.8 Å². The maximum Gasteiger partial charge on any atom is 0.309 e. The van der Waals surface area contributed by atoms with E-state index in [1.165, 1.54) is 54.3 Å². The molecule has 1 fully saturated rings. The van der Waals surface area contributed by atoms with Gasteiger partial charge in [0, 0.05) is 18.8 Å². The van der Waals surface area contributed by atoms with Gasteiger partial charge in [0.05, 0.1) is 29.7 Å². The van der Waals surface area contributed by atoms with E-state index in [-0.39, 0.29) is 17.3 Å². The fourth-order valence-corrected chi connectivity index (χ4v) is 4.50. The Balaban J connectivity index is 1.71. The Morgan fingerprint density at radius 2 is 1.96 bits per heavy atom. The van der Waals surface area contributed by atoms with E-state index in [1.54, 1.807) is 0 Å². The van der Waals surface area contributed by atoms with Gasteiger partial charge >= 0.3 is 5.97 Å². The summed E-state index contributed by atoms with van der Waals surface area (Å²) in [5.74, 6) is -1.20. The van der Waals surface area contributed by atoms with Crippen molar-refractivity contribution >= 4 is 27.6 Å². The second kappa shape index (κ2) is 7.93. The van der Waals surface area contributed by atoms with Crippen LogP contribution in [0.2, 0.25) is 0 Å². The van der Waals surface area contributed by atoms with Crippen LogP contribution in [0.25, 0.3) is 0 Å². The van der Waals surface area contributed by atoms with Gasteiger partial charge < -0.3 is 14.5 Å². The molecule has 9 heteroatoms. The van der Waals surface area contributed by atoms with E-state index in [2.05, 4.69) is 5.32 Å². The molecule has 1 aromatic carbocycles. The first-order valence-corrected chi connectivity index (χ1v) is 9.87. The molecule has 1 unspecified atom stereocenters. The number of nitrogens with one attached hydrogen (secondary N) is 1. The number of benzene rings is 1. The highest BCUT2D eigenvalue weighted by molar-refractivity contribution is 7.89. The van der Waals surface area contributed by atoms with E-state index in [4.69, 9.17) is 9.15 Å². The molecule has 1 atom stereocenters. The number of ether oxygens (including phenoxy) is 1. The molecule has 1 saturated heterocycles. The summed E-state index contributed by atoms with van der Waals surface area (Å²) < 4.78 is 36.6. The number of anilines is 1. The van der Waals surface area contributed by atoms with Crippen molar-refractivity contribution in [3.8, 4) is 0 Å². The summed E-state index contributed by atoms with van der Waals surface area (Å²) in [6, 6.07) is 7.44. The van der Waals surface area contributed by atoms with Crippen LogP contribution in [0, 0.1) is 5.92 Å². The fraction of sp³-hybridized carbons (Fsp3) is 0.333. The topological polar surface area (TPSA) is 106 Å². The largest absolute Gasteiger partial charge is 0.472 e. The highest BCUT2D eigenvalue weighted by Crippen LogP contribution is 2.25. The lowest BCUT2D eigenvalue weighted by atomic mass is 10.0. The zero-order valence-electron chi connectivity index (χ0n) is 14.8. The van der Waals surface area contributed by atoms with Gasteiger partial charge in [-0.3, -0.25) is 9.59 Å². The third-order valence-corrected chi connectivity index (χ3v) is 6.33. The van der Waals surface area contributed by atoms with E-state index in [1.807, 2.05) is 0 Å². The van der Waals surface area contributed by atoms with Crippen molar-refractivity contribution in [2.75, 3.05) is 25.5 Å². The van der Waals surface area contributed by atoms with Crippen molar-refractivity contribution in [3.63, 3.8) is 0 Å². The van der Waals surface area contributed by atoms with Crippen LogP contribution in [0.4, 0.5) is 5.69 Å². The Bertz CT molecular complexity index is 906. The lowest BCUT2D eigenvalue weighted by Gasteiger charge is -2.30. The molecule has 0 spiro atoms. The van der Waals surface area contributed by atoms with Gasteiger partial charge in [-0.05, 0) is 43.2 Å². The van der Waals surface area contributed by atoms with Gasteiger partial charge in [0.1, 0.15) is 6.26 Å². The number of methoxy groups -OCH3 is 1. The SMILES string of the molecule is COC(=O)C1CCCN(S(=O)(=O)c2ccc(NC(=O)c3ccoc3)cc2)C1. The van der Waals surface area contributed by atoms with E-state index in [9.17, 15) is 18.0 Å². The lowest BCUT2D eigenvalue weighted by molar-refractivity contribution is -0.146. The second-order valence-electron chi connectivity index (χ2n) is 6.22. The summed E-state index contributed by atoms with van der Waals surface area (Å²) in [4.78, 5) is 23.8. The molecule has 3 rings (SSSR count). The second-order valence-corrected chi connectivity index (χ2v) is 8.15. The minimum atomic E-state index is -3.73. The molecule has 2 aromatic rings. The van der Waals surface area contributed by atoms with Crippen LogP contribution in [0.3, 0.4) is 0 Å². The summed E-state index contributed by atoms with van der Waals surface area (Å²) in [6.45, 7) is 0.461. The van der Waals surface area contributed by atoms with Gasteiger partial charge in [-0.25, -0.2) is 8.42 Å². The highest BCUT2D eigenvalue weighted by Gasteiger charge is 2.33. The van der Waals surface area contributed by atoms with Crippen LogP contribution in [0.1, 0.15) is 23.2 Å². The van der Waals surface area contributed by atoms with E-state index >= 15 is 0 Å². The number of carbonyl (C=O) groups is 2. The highest BCUT2D eigenvalue weighted by atomic mass is 32.2. The predicted molar refractivity (Wildman–Crippen MR) is 96.6 cm³/mol. The molecular formula is C18H20N2O6S. The fourth-order valence-electron chi connectivity index (χ4n) is 2.98. The number of rotatable bonds is 5. The number of furan rings is 1. The summed E-state index contributed by atoms with van der Waals surface area (Å²) in [5, 5.41) is 2.66. The number of esters is 1. The van der Waals surface area contributed by atoms with Crippen molar-refractivity contribution in [2.24, 2.45) is 5.92 Å². The van der Waals surface area contributed by atoms with Gasteiger partial charge in [-0.2, -0.15) is 4.31 Å². The van der Waals surface area contributed by atoms with Crippen molar-refractivity contribution < 1.29 is 27.2 Å². The molecule has 1 aliphatic rings. The van der Waals surface area contributed by atoms with Gasteiger partial charge in [-0.1, -0.05) is 0 Å². The molecule has 2 heterocycles. The molecule has 27 heavy (non-hydrogen) atoms. The monoisotopic (exact) mass is 392 g/mol. The summed E-state index contributed by atoms with van der Waals surface area (Å²) >= 11 is 0. The van der Waals surface area contributed by atoms with E-state index in [0.29, 0.717) is 30.6 Å². The average molecular weight is 392 g/mol. The van der Waals surface area contributed by atoms with Gasteiger partial charge in [0.2, 0.25) is 10.0 Å². The Morgan fingerprint density at radius 3 is 2.59 bits per heavy atom. The third-order valence-electron chi connectivity index (χ3n) is 4.45. The van der Waals surface area contributed by atoms with Crippen molar-refractivity contribution in [3.05, 3.63) is 48.4 Å². The standard InChI is InChI=1S/C18H20N2O6S/c1-25-18(22)13-3-2-9-20(11-13)27(23,24)16-6-4-15(5-7-16)19-17(21)14-8-10-26-12-14/h4-8,10,12-13H,2-3,9,11H2,1H3,(H,19,21). The van der Waals surface area contributed by atoms with Crippen LogP contribution < -0.4 is 5.32 Å². The number of piperidine rings is 1.